The maximum atomic E-state index is 13.1. The highest BCUT2D eigenvalue weighted by Gasteiger charge is 2.25. The molecule has 0 atom stereocenters. The number of carbonyl (C=O) groups excluding carboxylic acids is 1. The second-order valence-electron chi connectivity index (χ2n) is 6.08. The van der Waals surface area contributed by atoms with Crippen LogP contribution in [0.2, 0.25) is 0 Å². The molecule has 0 aromatic heterocycles. The molecule has 2 aromatic rings. The van der Waals surface area contributed by atoms with Crippen LogP contribution in [0.3, 0.4) is 0 Å². The summed E-state index contributed by atoms with van der Waals surface area (Å²) < 4.78 is 27.6. The molecule has 146 valence electrons. The number of rotatable bonds is 5. The number of halogens is 1. The molecule has 0 aliphatic carbocycles. The van der Waals surface area contributed by atoms with Gasteiger partial charge in [-0.15, -0.1) is 12.4 Å². The maximum Gasteiger partial charge on any atom is 0.264 e. The van der Waals surface area contributed by atoms with E-state index in [-0.39, 0.29) is 23.2 Å². The molecule has 0 unspecified atom stereocenters. The number of benzene rings is 2. The van der Waals surface area contributed by atoms with Crippen molar-refractivity contribution in [3.05, 3.63) is 60.2 Å². The van der Waals surface area contributed by atoms with Crippen molar-refractivity contribution in [3.8, 4) is 0 Å². The van der Waals surface area contributed by atoms with Gasteiger partial charge in [0.1, 0.15) is 0 Å². The molecule has 1 aliphatic rings. The average molecular weight is 410 g/mol. The van der Waals surface area contributed by atoms with Crippen molar-refractivity contribution in [1.82, 2.24) is 10.2 Å². The van der Waals surface area contributed by atoms with Gasteiger partial charge in [-0.1, -0.05) is 24.3 Å². The molecule has 1 aliphatic heterocycles. The van der Waals surface area contributed by atoms with Crippen molar-refractivity contribution >= 4 is 34.0 Å². The fourth-order valence-electron chi connectivity index (χ4n) is 3.05. The van der Waals surface area contributed by atoms with E-state index in [4.69, 9.17) is 0 Å². The predicted octanol–water partition coefficient (Wildman–Crippen LogP) is 2.37. The number of sulfonamides is 1. The molecule has 0 radical (unpaired) electrons. The molecule has 1 N–H and O–H groups in total. The Labute approximate surface area is 166 Å². The minimum Gasteiger partial charge on any atom is -0.336 e. The maximum absolute atomic E-state index is 13.1. The fraction of sp³-hybridized carbons (Fsp3) is 0.316. The van der Waals surface area contributed by atoms with Gasteiger partial charge in [-0.3, -0.25) is 9.10 Å². The number of hydrogen-bond acceptors (Lipinski definition) is 4. The van der Waals surface area contributed by atoms with Gasteiger partial charge in [0.05, 0.1) is 10.6 Å². The zero-order valence-corrected chi connectivity index (χ0v) is 16.8. The van der Waals surface area contributed by atoms with Gasteiger partial charge in [-0.25, -0.2) is 8.42 Å². The third kappa shape index (κ3) is 4.61. The average Bonchev–Trinajstić information content (AvgIpc) is 2.69. The van der Waals surface area contributed by atoms with E-state index in [1.54, 1.807) is 48.2 Å². The third-order valence-corrected chi connectivity index (χ3v) is 6.30. The van der Waals surface area contributed by atoms with Gasteiger partial charge in [0, 0.05) is 38.3 Å². The fourth-order valence-corrected chi connectivity index (χ4v) is 4.57. The van der Waals surface area contributed by atoms with Crippen LogP contribution in [0.1, 0.15) is 17.3 Å². The van der Waals surface area contributed by atoms with Crippen LogP contribution in [0.25, 0.3) is 0 Å². The molecule has 1 saturated heterocycles. The molecule has 1 fully saturated rings. The van der Waals surface area contributed by atoms with Crippen LogP contribution in [-0.2, 0) is 10.0 Å². The standard InChI is InChI=1S/C19H23N3O3S.ClH/c1-2-22(17-8-4-3-5-9-17)26(24,25)18-10-6-7-16(15-18)19(23)21-13-11-20-12-14-21;/h3-10,15,20H,2,11-14H2,1H3;1H. The van der Waals surface area contributed by atoms with Gasteiger partial charge >= 0.3 is 0 Å². The second kappa shape index (κ2) is 9.21. The highest BCUT2D eigenvalue weighted by atomic mass is 35.5. The van der Waals surface area contributed by atoms with Crippen LogP contribution in [0.4, 0.5) is 5.69 Å². The summed E-state index contributed by atoms with van der Waals surface area (Å²) in [7, 11) is -3.74. The molecular weight excluding hydrogens is 386 g/mol. The van der Waals surface area contributed by atoms with Crippen molar-refractivity contribution in [2.75, 3.05) is 37.0 Å². The Morgan fingerprint density at radius 3 is 2.37 bits per heavy atom. The Morgan fingerprint density at radius 1 is 1.07 bits per heavy atom. The smallest absolute Gasteiger partial charge is 0.264 e. The summed E-state index contributed by atoms with van der Waals surface area (Å²) in [5, 5.41) is 3.20. The molecule has 27 heavy (non-hydrogen) atoms. The summed E-state index contributed by atoms with van der Waals surface area (Å²) in [5.74, 6) is -0.133. The summed E-state index contributed by atoms with van der Waals surface area (Å²) >= 11 is 0. The number of piperazine rings is 1. The summed E-state index contributed by atoms with van der Waals surface area (Å²) in [4.78, 5) is 14.6. The number of amides is 1. The van der Waals surface area contributed by atoms with E-state index in [1.807, 2.05) is 6.07 Å². The molecule has 0 saturated carbocycles. The summed E-state index contributed by atoms with van der Waals surface area (Å²) in [6.07, 6.45) is 0. The Bertz CT molecular complexity index is 869. The minimum absolute atomic E-state index is 0. The van der Waals surface area contributed by atoms with Gasteiger partial charge < -0.3 is 10.2 Å². The first-order valence-electron chi connectivity index (χ1n) is 8.72. The van der Waals surface area contributed by atoms with Crippen LogP contribution in [0.15, 0.2) is 59.5 Å². The Hall–Kier alpha value is -2.09. The number of nitrogens with one attached hydrogen (secondary N) is 1. The molecule has 0 bridgehead atoms. The largest absolute Gasteiger partial charge is 0.336 e. The van der Waals surface area contributed by atoms with E-state index in [9.17, 15) is 13.2 Å². The predicted molar refractivity (Wildman–Crippen MR) is 109 cm³/mol. The van der Waals surface area contributed by atoms with Crippen molar-refractivity contribution in [2.24, 2.45) is 0 Å². The lowest BCUT2D eigenvalue weighted by Gasteiger charge is -2.28. The molecule has 2 aromatic carbocycles. The highest BCUT2D eigenvalue weighted by Crippen LogP contribution is 2.24. The van der Waals surface area contributed by atoms with E-state index in [0.29, 0.717) is 30.9 Å². The van der Waals surface area contributed by atoms with Crippen LogP contribution >= 0.6 is 12.4 Å². The van der Waals surface area contributed by atoms with Crippen LogP contribution < -0.4 is 9.62 Å². The van der Waals surface area contributed by atoms with Crippen LogP contribution in [0, 0.1) is 0 Å². The highest BCUT2D eigenvalue weighted by molar-refractivity contribution is 7.92. The lowest BCUT2D eigenvalue weighted by Crippen LogP contribution is -2.46. The number of hydrogen-bond donors (Lipinski definition) is 1. The summed E-state index contributed by atoms with van der Waals surface area (Å²) in [6.45, 7) is 4.85. The molecule has 8 heteroatoms. The topological polar surface area (TPSA) is 69.7 Å². The summed E-state index contributed by atoms with van der Waals surface area (Å²) in [5.41, 5.74) is 1.01. The van der Waals surface area contributed by atoms with E-state index in [0.717, 1.165) is 13.1 Å². The molecule has 3 rings (SSSR count). The van der Waals surface area contributed by atoms with E-state index >= 15 is 0 Å². The van der Waals surface area contributed by atoms with E-state index < -0.39 is 10.0 Å². The van der Waals surface area contributed by atoms with Crippen LogP contribution in [0.5, 0.6) is 0 Å². The van der Waals surface area contributed by atoms with E-state index in [1.165, 1.54) is 16.4 Å². The van der Waals surface area contributed by atoms with Gasteiger partial charge in [0.2, 0.25) is 0 Å². The van der Waals surface area contributed by atoms with Crippen molar-refractivity contribution in [1.29, 1.82) is 0 Å². The number of para-hydroxylation sites is 1. The zero-order valence-electron chi connectivity index (χ0n) is 15.2. The first kappa shape index (κ1) is 21.2. The van der Waals surface area contributed by atoms with Gasteiger partial charge in [0.25, 0.3) is 15.9 Å². The molecular formula is C19H24ClN3O3S. The molecule has 1 amide bonds. The normalized spacial score (nSPS) is 14.3. The SMILES string of the molecule is CCN(c1ccccc1)S(=O)(=O)c1cccc(C(=O)N2CCNCC2)c1.Cl. The Morgan fingerprint density at radius 2 is 1.74 bits per heavy atom. The first-order chi connectivity index (χ1) is 12.5. The second-order valence-corrected chi connectivity index (χ2v) is 7.94. The third-order valence-electron chi connectivity index (χ3n) is 4.40. The number of anilines is 1. The number of carbonyl (C=O) groups is 1. The summed E-state index contributed by atoms with van der Waals surface area (Å²) in [6, 6.07) is 15.3. The van der Waals surface area contributed by atoms with Crippen LogP contribution in [-0.4, -0.2) is 51.9 Å². The minimum atomic E-state index is -3.74. The Kier molecular flexibility index (Phi) is 7.24. The quantitative estimate of drug-likeness (QED) is 0.823. The zero-order chi connectivity index (χ0) is 18.6. The lowest BCUT2D eigenvalue weighted by molar-refractivity contribution is 0.0735. The van der Waals surface area contributed by atoms with Crippen molar-refractivity contribution in [3.63, 3.8) is 0 Å². The van der Waals surface area contributed by atoms with Crippen molar-refractivity contribution in [2.45, 2.75) is 11.8 Å². The van der Waals surface area contributed by atoms with Gasteiger partial charge in [0.15, 0.2) is 0 Å². The Balaban J connectivity index is 0.00000261. The van der Waals surface area contributed by atoms with Gasteiger partial charge in [-0.2, -0.15) is 0 Å². The van der Waals surface area contributed by atoms with Gasteiger partial charge in [-0.05, 0) is 37.3 Å². The molecule has 0 spiro atoms. The lowest BCUT2D eigenvalue weighted by atomic mass is 10.2. The first-order valence-corrected chi connectivity index (χ1v) is 10.2. The van der Waals surface area contributed by atoms with Crippen molar-refractivity contribution < 1.29 is 13.2 Å². The number of nitrogens with zero attached hydrogens (tertiary/aromatic N) is 2. The van der Waals surface area contributed by atoms with E-state index in [2.05, 4.69) is 5.32 Å². The molecule has 1 heterocycles. The monoisotopic (exact) mass is 409 g/mol. The molecule has 6 nitrogen and oxygen atoms in total.